The standard InChI is InChI=1S/C23H28N4O2S/c1-15-14-27-22(21(25-23(27)30-15)17-8-4-5-9-24-17)16-12-20(29-3)18(13-19(16)28-2)26-10-6-7-11-26/h4-5,8-9,12-13,15,21-22H,6-7,10-11,14H2,1-3H3/t15-,21-,22-/m1/s1. The van der Waals surface area contributed by atoms with E-state index in [1.165, 1.54) is 12.8 Å². The number of rotatable bonds is 5. The number of hydrogen-bond acceptors (Lipinski definition) is 7. The minimum Gasteiger partial charge on any atom is -0.496 e. The van der Waals surface area contributed by atoms with Gasteiger partial charge in [0.15, 0.2) is 5.17 Å². The summed E-state index contributed by atoms with van der Waals surface area (Å²) in [6, 6.07) is 10.4. The number of aliphatic imine (C=N–C) groups is 1. The highest BCUT2D eigenvalue weighted by Gasteiger charge is 2.45. The summed E-state index contributed by atoms with van der Waals surface area (Å²) < 4.78 is 11.8. The average Bonchev–Trinajstić information content (AvgIpc) is 3.49. The Morgan fingerprint density at radius 3 is 2.57 bits per heavy atom. The highest BCUT2D eigenvalue weighted by Crippen LogP contribution is 2.51. The molecule has 5 rings (SSSR count). The van der Waals surface area contributed by atoms with Crippen LogP contribution >= 0.6 is 11.8 Å². The SMILES string of the molecule is COc1cc(N2CCCC2)c(OC)cc1[C@@H]1[C@@H](c2ccccn2)N=C2S[C@H](C)CN21. The molecule has 1 aromatic heterocycles. The Hall–Kier alpha value is -2.41. The first-order valence-electron chi connectivity index (χ1n) is 10.6. The van der Waals surface area contributed by atoms with Crippen LogP contribution in [0, 0.1) is 0 Å². The van der Waals surface area contributed by atoms with Crippen molar-refractivity contribution in [2.75, 3.05) is 38.8 Å². The fraction of sp³-hybridized carbons (Fsp3) is 0.478. The summed E-state index contributed by atoms with van der Waals surface area (Å²) in [5.41, 5.74) is 3.22. The van der Waals surface area contributed by atoms with Gasteiger partial charge in [-0.05, 0) is 31.0 Å². The minimum atomic E-state index is -0.0579. The van der Waals surface area contributed by atoms with E-state index in [1.807, 2.05) is 30.1 Å². The second-order valence-corrected chi connectivity index (χ2v) is 9.50. The van der Waals surface area contributed by atoms with Gasteiger partial charge in [0.05, 0.1) is 31.6 Å². The topological polar surface area (TPSA) is 50.2 Å². The first-order valence-corrected chi connectivity index (χ1v) is 11.5. The Balaban J connectivity index is 1.61. The number of aromatic nitrogens is 1. The van der Waals surface area contributed by atoms with Crippen LogP contribution in [0.15, 0.2) is 41.5 Å². The highest BCUT2D eigenvalue weighted by atomic mass is 32.2. The molecule has 0 aliphatic carbocycles. The lowest BCUT2D eigenvalue weighted by atomic mass is 9.94. The van der Waals surface area contributed by atoms with Crippen LogP contribution in [0.2, 0.25) is 0 Å². The molecule has 0 N–H and O–H groups in total. The quantitative estimate of drug-likeness (QED) is 0.714. The second kappa shape index (κ2) is 8.02. The lowest BCUT2D eigenvalue weighted by molar-refractivity contribution is 0.306. The van der Waals surface area contributed by atoms with Gasteiger partial charge in [-0.1, -0.05) is 24.8 Å². The molecular weight excluding hydrogens is 396 g/mol. The Bertz CT molecular complexity index is 946. The van der Waals surface area contributed by atoms with Crippen molar-refractivity contribution in [1.82, 2.24) is 9.88 Å². The van der Waals surface area contributed by atoms with Gasteiger partial charge in [-0.25, -0.2) is 0 Å². The van der Waals surface area contributed by atoms with Crippen LogP contribution < -0.4 is 14.4 Å². The zero-order valence-electron chi connectivity index (χ0n) is 17.7. The number of pyridine rings is 1. The Labute approximate surface area is 182 Å². The van der Waals surface area contributed by atoms with Gasteiger partial charge in [-0.2, -0.15) is 0 Å². The zero-order chi connectivity index (χ0) is 20.7. The van der Waals surface area contributed by atoms with Gasteiger partial charge in [0, 0.05) is 42.7 Å². The van der Waals surface area contributed by atoms with E-state index >= 15 is 0 Å². The predicted molar refractivity (Wildman–Crippen MR) is 122 cm³/mol. The van der Waals surface area contributed by atoms with E-state index in [-0.39, 0.29) is 12.1 Å². The molecule has 3 aliphatic heterocycles. The molecule has 30 heavy (non-hydrogen) atoms. The number of benzene rings is 1. The fourth-order valence-electron chi connectivity index (χ4n) is 4.80. The van der Waals surface area contributed by atoms with Crippen LogP contribution in [0.4, 0.5) is 5.69 Å². The normalized spacial score (nSPS) is 25.4. The van der Waals surface area contributed by atoms with Gasteiger partial charge in [-0.3, -0.25) is 9.98 Å². The summed E-state index contributed by atoms with van der Waals surface area (Å²) in [5.74, 6) is 1.80. The van der Waals surface area contributed by atoms with Crippen LogP contribution in [-0.4, -0.2) is 54.2 Å². The first-order chi connectivity index (χ1) is 14.7. The number of amidine groups is 1. The van der Waals surface area contributed by atoms with Gasteiger partial charge in [0.1, 0.15) is 17.5 Å². The van der Waals surface area contributed by atoms with E-state index in [9.17, 15) is 0 Å². The number of fused-ring (bicyclic) bond motifs is 1. The molecule has 0 spiro atoms. The average molecular weight is 425 g/mol. The van der Waals surface area contributed by atoms with Crippen LogP contribution in [0.1, 0.15) is 43.1 Å². The van der Waals surface area contributed by atoms with E-state index in [2.05, 4.69) is 39.9 Å². The number of hydrogen-bond donors (Lipinski definition) is 0. The summed E-state index contributed by atoms with van der Waals surface area (Å²) in [6.07, 6.45) is 4.29. The molecule has 6 nitrogen and oxygen atoms in total. The van der Waals surface area contributed by atoms with Gasteiger partial charge < -0.3 is 19.3 Å². The minimum absolute atomic E-state index is 0.0452. The van der Waals surface area contributed by atoms with Gasteiger partial charge in [0.2, 0.25) is 0 Å². The molecule has 1 aromatic carbocycles. The number of thioether (sulfide) groups is 1. The molecule has 2 fully saturated rings. The van der Waals surface area contributed by atoms with E-state index in [0.29, 0.717) is 5.25 Å². The Morgan fingerprint density at radius 1 is 1.07 bits per heavy atom. The summed E-state index contributed by atoms with van der Waals surface area (Å²) >= 11 is 1.85. The molecule has 7 heteroatoms. The summed E-state index contributed by atoms with van der Waals surface area (Å²) in [6.45, 7) is 5.35. The summed E-state index contributed by atoms with van der Waals surface area (Å²) in [4.78, 5) is 14.5. The van der Waals surface area contributed by atoms with E-state index in [0.717, 1.165) is 53.2 Å². The second-order valence-electron chi connectivity index (χ2n) is 8.10. The lowest BCUT2D eigenvalue weighted by Crippen LogP contribution is -2.29. The molecule has 0 saturated carbocycles. The molecule has 0 radical (unpaired) electrons. The largest absolute Gasteiger partial charge is 0.496 e. The molecule has 0 bridgehead atoms. The van der Waals surface area contributed by atoms with Gasteiger partial charge >= 0.3 is 0 Å². The zero-order valence-corrected chi connectivity index (χ0v) is 18.6. The first kappa shape index (κ1) is 19.5. The maximum absolute atomic E-state index is 5.93. The lowest BCUT2D eigenvalue weighted by Gasteiger charge is -2.30. The highest BCUT2D eigenvalue weighted by molar-refractivity contribution is 8.14. The Kier molecular flexibility index (Phi) is 5.23. The van der Waals surface area contributed by atoms with E-state index < -0.39 is 0 Å². The molecule has 158 valence electrons. The number of ether oxygens (including phenoxy) is 2. The third kappa shape index (κ3) is 3.29. The summed E-state index contributed by atoms with van der Waals surface area (Å²) in [5, 5.41) is 1.63. The smallest absolute Gasteiger partial charge is 0.160 e. The summed E-state index contributed by atoms with van der Waals surface area (Å²) in [7, 11) is 3.51. The van der Waals surface area contributed by atoms with Gasteiger partial charge in [-0.15, -0.1) is 0 Å². The number of methoxy groups -OCH3 is 2. The van der Waals surface area contributed by atoms with Crippen molar-refractivity contribution in [2.45, 2.75) is 37.1 Å². The van der Waals surface area contributed by atoms with Crippen LogP contribution in [0.3, 0.4) is 0 Å². The van der Waals surface area contributed by atoms with Crippen molar-refractivity contribution >= 4 is 22.6 Å². The molecule has 3 atom stereocenters. The van der Waals surface area contributed by atoms with Crippen molar-refractivity contribution in [1.29, 1.82) is 0 Å². The van der Waals surface area contributed by atoms with Crippen molar-refractivity contribution < 1.29 is 9.47 Å². The molecular formula is C23H28N4O2S. The van der Waals surface area contributed by atoms with Gasteiger partial charge in [0.25, 0.3) is 0 Å². The molecule has 2 saturated heterocycles. The molecule has 3 aliphatic rings. The number of anilines is 1. The molecule has 0 amide bonds. The maximum Gasteiger partial charge on any atom is 0.160 e. The fourth-order valence-corrected chi connectivity index (χ4v) is 5.89. The third-order valence-electron chi connectivity index (χ3n) is 6.18. The molecule has 4 heterocycles. The maximum atomic E-state index is 5.93. The van der Waals surface area contributed by atoms with E-state index in [1.54, 1.807) is 14.2 Å². The van der Waals surface area contributed by atoms with Crippen LogP contribution in [0.5, 0.6) is 11.5 Å². The van der Waals surface area contributed by atoms with Crippen molar-refractivity contribution in [2.24, 2.45) is 4.99 Å². The molecule has 0 unspecified atom stereocenters. The Morgan fingerprint density at radius 2 is 1.87 bits per heavy atom. The molecule has 2 aromatic rings. The van der Waals surface area contributed by atoms with E-state index in [4.69, 9.17) is 14.5 Å². The predicted octanol–water partition coefficient (Wildman–Crippen LogP) is 4.29. The third-order valence-corrected chi connectivity index (χ3v) is 7.28. The van der Waals surface area contributed by atoms with Crippen molar-refractivity contribution in [3.05, 3.63) is 47.8 Å². The number of nitrogens with zero attached hydrogens (tertiary/aromatic N) is 4. The van der Waals surface area contributed by atoms with Crippen LogP contribution in [0.25, 0.3) is 0 Å². The van der Waals surface area contributed by atoms with Crippen molar-refractivity contribution in [3.8, 4) is 11.5 Å². The van der Waals surface area contributed by atoms with Crippen molar-refractivity contribution in [3.63, 3.8) is 0 Å². The monoisotopic (exact) mass is 424 g/mol. The van der Waals surface area contributed by atoms with Crippen LogP contribution in [-0.2, 0) is 0 Å².